The lowest BCUT2D eigenvalue weighted by Gasteiger charge is -2.07. The molecule has 1 aromatic rings. The summed E-state index contributed by atoms with van der Waals surface area (Å²) < 4.78 is 25.7. The minimum atomic E-state index is -3.58. The van der Waals surface area contributed by atoms with Crippen LogP contribution in [-0.2, 0) is 14.8 Å². The van der Waals surface area contributed by atoms with Crippen LogP contribution in [0.25, 0.3) is 0 Å². The molecule has 0 aliphatic heterocycles. The molecular formula is C11H14N2O3S. The molecule has 2 N–H and O–H groups in total. The molecule has 0 saturated carbocycles. The Bertz CT molecular complexity index is 506. The van der Waals surface area contributed by atoms with Crippen LogP contribution in [0.5, 0.6) is 0 Å². The summed E-state index contributed by atoms with van der Waals surface area (Å²) in [5.41, 5.74) is 0.976. The SMILES string of the molecule is C=CC(=O)NCNS(=O)(=O)c1ccc(C)cc1. The lowest BCUT2D eigenvalue weighted by Crippen LogP contribution is -2.36. The highest BCUT2D eigenvalue weighted by Crippen LogP contribution is 2.09. The fraction of sp³-hybridized carbons (Fsp3) is 0.182. The molecule has 1 rings (SSSR count). The summed E-state index contributed by atoms with van der Waals surface area (Å²) >= 11 is 0. The van der Waals surface area contributed by atoms with Crippen LogP contribution in [0.4, 0.5) is 0 Å². The van der Waals surface area contributed by atoms with Crippen molar-refractivity contribution < 1.29 is 13.2 Å². The summed E-state index contributed by atoms with van der Waals surface area (Å²) in [5, 5.41) is 2.32. The number of carbonyl (C=O) groups is 1. The summed E-state index contributed by atoms with van der Waals surface area (Å²) in [4.78, 5) is 11.0. The highest BCUT2D eigenvalue weighted by molar-refractivity contribution is 7.89. The van der Waals surface area contributed by atoms with Crippen LogP contribution in [0.1, 0.15) is 5.56 Å². The molecule has 0 aliphatic rings. The van der Waals surface area contributed by atoms with Gasteiger partial charge >= 0.3 is 0 Å². The van der Waals surface area contributed by atoms with E-state index in [0.29, 0.717) is 0 Å². The van der Waals surface area contributed by atoms with Gasteiger partial charge in [-0.05, 0) is 25.1 Å². The molecule has 0 unspecified atom stereocenters. The Morgan fingerprint density at radius 1 is 1.35 bits per heavy atom. The highest BCUT2D eigenvalue weighted by Gasteiger charge is 2.12. The van der Waals surface area contributed by atoms with Gasteiger partial charge in [0.1, 0.15) is 0 Å². The van der Waals surface area contributed by atoms with Gasteiger partial charge in [0, 0.05) is 0 Å². The maximum Gasteiger partial charge on any atom is 0.244 e. The third-order valence-corrected chi connectivity index (χ3v) is 3.46. The van der Waals surface area contributed by atoms with Gasteiger partial charge in [0.05, 0.1) is 11.6 Å². The summed E-state index contributed by atoms with van der Waals surface area (Å²) in [7, 11) is -3.58. The van der Waals surface area contributed by atoms with E-state index in [0.717, 1.165) is 11.6 Å². The molecule has 0 bridgehead atoms. The molecule has 0 radical (unpaired) electrons. The van der Waals surface area contributed by atoms with E-state index in [1.165, 1.54) is 12.1 Å². The fourth-order valence-corrected chi connectivity index (χ4v) is 2.01. The van der Waals surface area contributed by atoms with E-state index in [-0.39, 0.29) is 11.6 Å². The second-order valence-electron chi connectivity index (χ2n) is 3.38. The van der Waals surface area contributed by atoms with Crippen molar-refractivity contribution in [2.75, 3.05) is 6.67 Å². The Labute approximate surface area is 101 Å². The standard InChI is InChI=1S/C11H14N2O3S/c1-3-11(14)12-8-13-17(15,16)10-6-4-9(2)5-7-10/h3-7,13H,1,8H2,2H3,(H,12,14). The summed E-state index contributed by atoms with van der Waals surface area (Å²) in [6.45, 7) is 4.96. The highest BCUT2D eigenvalue weighted by atomic mass is 32.2. The zero-order valence-electron chi connectivity index (χ0n) is 9.43. The van der Waals surface area contributed by atoms with Gasteiger partial charge in [0.15, 0.2) is 0 Å². The molecule has 5 nitrogen and oxygen atoms in total. The zero-order valence-corrected chi connectivity index (χ0v) is 10.3. The molecule has 0 aromatic heterocycles. The molecule has 17 heavy (non-hydrogen) atoms. The van der Waals surface area contributed by atoms with E-state index in [1.54, 1.807) is 12.1 Å². The van der Waals surface area contributed by atoms with Crippen LogP contribution in [0.15, 0.2) is 41.8 Å². The Balaban J connectivity index is 2.66. The van der Waals surface area contributed by atoms with Gasteiger partial charge < -0.3 is 5.32 Å². The monoisotopic (exact) mass is 254 g/mol. The van der Waals surface area contributed by atoms with E-state index in [2.05, 4.69) is 16.6 Å². The first-order valence-electron chi connectivity index (χ1n) is 4.92. The quantitative estimate of drug-likeness (QED) is 0.594. The summed E-state index contributed by atoms with van der Waals surface area (Å²) in [6.07, 6.45) is 1.07. The van der Waals surface area contributed by atoms with Crippen LogP contribution in [0.3, 0.4) is 0 Å². The van der Waals surface area contributed by atoms with E-state index in [9.17, 15) is 13.2 Å². The van der Waals surface area contributed by atoms with Crippen LogP contribution >= 0.6 is 0 Å². The molecule has 0 heterocycles. The van der Waals surface area contributed by atoms with Crippen LogP contribution < -0.4 is 10.0 Å². The second kappa shape index (κ2) is 5.60. The summed E-state index contributed by atoms with van der Waals surface area (Å²) in [6, 6.07) is 6.42. The number of hydrogen-bond donors (Lipinski definition) is 2. The van der Waals surface area contributed by atoms with E-state index < -0.39 is 15.9 Å². The molecule has 0 atom stereocenters. The predicted octanol–water partition coefficient (Wildman–Crippen LogP) is 0.533. The van der Waals surface area contributed by atoms with Crippen LogP contribution in [0.2, 0.25) is 0 Å². The zero-order chi connectivity index (χ0) is 12.9. The Morgan fingerprint density at radius 3 is 2.47 bits per heavy atom. The first-order valence-corrected chi connectivity index (χ1v) is 6.40. The second-order valence-corrected chi connectivity index (χ2v) is 5.15. The van der Waals surface area contributed by atoms with Crippen molar-refractivity contribution in [1.82, 2.24) is 10.0 Å². The lowest BCUT2D eigenvalue weighted by molar-refractivity contribution is -0.116. The van der Waals surface area contributed by atoms with Crippen molar-refractivity contribution >= 4 is 15.9 Å². The van der Waals surface area contributed by atoms with Crippen molar-refractivity contribution in [3.8, 4) is 0 Å². The fourth-order valence-electron chi connectivity index (χ4n) is 1.09. The maximum atomic E-state index is 11.7. The number of benzene rings is 1. The first-order chi connectivity index (χ1) is 7.95. The molecule has 1 amide bonds. The lowest BCUT2D eigenvalue weighted by atomic mass is 10.2. The first kappa shape index (κ1) is 13.4. The van der Waals surface area contributed by atoms with E-state index in [4.69, 9.17) is 0 Å². The van der Waals surface area contributed by atoms with Crippen molar-refractivity contribution in [1.29, 1.82) is 0 Å². The summed E-state index contributed by atoms with van der Waals surface area (Å²) in [5.74, 6) is -0.434. The maximum absolute atomic E-state index is 11.7. The van der Waals surface area contributed by atoms with Gasteiger partial charge in [0.2, 0.25) is 15.9 Å². The molecular weight excluding hydrogens is 240 g/mol. The molecule has 6 heteroatoms. The molecule has 0 saturated heterocycles. The van der Waals surface area contributed by atoms with Crippen LogP contribution in [0, 0.1) is 6.92 Å². The molecule has 92 valence electrons. The van der Waals surface area contributed by atoms with E-state index in [1.807, 2.05) is 6.92 Å². The molecule has 0 aliphatic carbocycles. The number of rotatable bonds is 5. The number of amides is 1. The van der Waals surface area contributed by atoms with Gasteiger partial charge in [-0.1, -0.05) is 24.3 Å². The van der Waals surface area contributed by atoms with Crippen molar-refractivity contribution in [3.63, 3.8) is 0 Å². The smallest absolute Gasteiger partial charge is 0.244 e. The Morgan fingerprint density at radius 2 is 1.94 bits per heavy atom. The van der Waals surface area contributed by atoms with Gasteiger partial charge in [-0.2, -0.15) is 4.72 Å². The number of nitrogens with one attached hydrogen (secondary N) is 2. The van der Waals surface area contributed by atoms with Crippen molar-refractivity contribution in [2.24, 2.45) is 0 Å². The normalized spacial score (nSPS) is 10.9. The topological polar surface area (TPSA) is 75.3 Å². The number of hydrogen-bond acceptors (Lipinski definition) is 3. The van der Waals surface area contributed by atoms with Gasteiger partial charge in [-0.3, -0.25) is 4.79 Å². The van der Waals surface area contributed by atoms with Gasteiger partial charge in [0.25, 0.3) is 0 Å². The van der Waals surface area contributed by atoms with Gasteiger partial charge in [-0.25, -0.2) is 8.42 Å². The molecule has 0 fully saturated rings. The largest absolute Gasteiger partial charge is 0.339 e. The number of aryl methyl sites for hydroxylation is 1. The average Bonchev–Trinajstić information content (AvgIpc) is 2.29. The van der Waals surface area contributed by atoms with Crippen molar-refractivity contribution in [3.05, 3.63) is 42.5 Å². The van der Waals surface area contributed by atoms with E-state index >= 15 is 0 Å². The minimum Gasteiger partial charge on any atom is -0.339 e. The average molecular weight is 254 g/mol. The van der Waals surface area contributed by atoms with Gasteiger partial charge in [-0.15, -0.1) is 0 Å². The minimum absolute atomic E-state index is 0.163. The number of sulfonamides is 1. The Hall–Kier alpha value is -1.66. The third-order valence-electron chi connectivity index (χ3n) is 2.04. The molecule has 0 spiro atoms. The Kier molecular flexibility index (Phi) is 4.42. The molecule has 1 aromatic carbocycles. The van der Waals surface area contributed by atoms with Crippen LogP contribution in [-0.4, -0.2) is 21.0 Å². The number of carbonyl (C=O) groups excluding carboxylic acids is 1. The third kappa shape index (κ3) is 4.01. The van der Waals surface area contributed by atoms with Crippen molar-refractivity contribution in [2.45, 2.75) is 11.8 Å². The predicted molar refractivity (Wildman–Crippen MR) is 64.7 cm³/mol.